The number of hydrogen-bond acceptors (Lipinski definition) is 1. The summed E-state index contributed by atoms with van der Waals surface area (Å²) in [6, 6.07) is 0. The fourth-order valence-electron chi connectivity index (χ4n) is 0. The summed E-state index contributed by atoms with van der Waals surface area (Å²) in [6.45, 7) is 3.44. The molecular weight excluding hydrogens is 212 g/mol. The zero-order valence-electron chi connectivity index (χ0n) is 3.84. The molecule has 0 amide bonds. The first-order valence-corrected chi connectivity index (χ1v) is 1.41. The highest BCUT2D eigenvalue weighted by molar-refractivity contribution is 8.93. The second-order valence-electron chi connectivity index (χ2n) is 1.09. The lowest BCUT2D eigenvalue weighted by Gasteiger charge is -1.80. The molecule has 42 valence electrons. The molecule has 0 saturated heterocycles. The molecule has 3 heteroatoms. The first-order valence-electron chi connectivity index (χ1n) is 1.41. The van der Waals surface area contributed by atoms with Crippen LogP contribution in [-0.2, 0) is 0 Å². The summed E-state index contributed by atoms with van der Waals surface area (Å²) in [4.78, 5) is 0. The average molecular weight is 222 g/mol. The monoisotopic (exact) mass is 220 g/mol. The Balaban J connectivity index is -0.0000000450. The largest absolute Gasteiger partial charge is 0.394 e. The molecule has 0 fully saturated rings. The minimum absolute atomic E-state index is 0. The van der Waals surface area contributed by atoms with Gasteiger partial charge in [-0.25, -0.2) is 0 Å². The van der Waals surface area contributed by atoms with Gasteiger partial charge >= 0.3 is 0 Å². The van der Waals surface area contributed by atoms with Crippen molar-refractivity contribution in [3.8, 4) is 0 Å². The predicted octanol–water partition coefficient (Wildman–Crippen LogP) is 1.54. The van der Waals surface area contributed by atoms with Crippen LogP contribution in [0.1, 0.15) is 13.8 Å². The number of halogens is 2. The van der Waals surface area contributed by atoms with E-state index in [2.05, 4.69) is 0 Å². The van der Waals surface area contributed by atoms with Crippen LogP contribution < -0.4 is 0 Å². The summed E-state index contributed by atoms with van der Waals surface area (Å²) in [5.74, 6) is 0. The van der Waals surface area contributed by atoms with E-state index < -0.39 is 0 Å². The lowest BCUT2D eigenvalue weighted by Crippen LogP contribution is -1.85. The molecule has 0 aromatic carbocycles. The number of aliphatic hydroxyl groups is 1. The van der Waals surface area contributed by atoms with E-state index in [-0.39, 0.29) is 40.1 Å². The summed E-state index contributed by atoms with van der Waals surface area (Å²) < 4.78 is 0. The van der Waals surface area contributed by atoms with Crippen LogP contribution in [0.5, 0.6) is 0 Å². The first kappa shape index (κ1) is 15.8. The molecule has 0 unspecified atom stereocenters. The highest BCUT2D eigenvalue weighted by Crippen LogP contribution is 1.65. The fourth-order valence-corrected chi connectivity index (χ4v) is 0. The van der Waals surface area contributed by atoms with Crippen molar-refractivity contribution in [3.05, 3.63) is 0 Å². The molecular formula is C3H10Br2O. The van der Waals surface area contributed by atoms with Crippen LogP contribution in [0.25, 0.3) is 0 Å². The normalized spacial score (nSPS) is 6.00. The van der Waals surface area contributed by atoms with E-state index in [4.69, 9.17) is 5.11 Å². The van der Waals surface area contributed by atoms with E-state index in [1.165, 1.54) is 0 Å². The second kappa shape index (κ2) is 9.33. The van der Waals surface area contributed by atoms with Crippen molar-refractivity contribution in [1.82, 2.24) is 0 Å². The molecule has 1 nitrogen and oxygen atoms in total. The molecule has 0 atom stereocenters. The Labute approximate surface area is 59.3 Å². The Morgan fingerprint density at radius 1 is 1.17 bits per heavy atom. The maximum Gasteiger partial charge on any atom is 0.0483 e. The zero-order chi connectivity index (χ0) is 3.58. The number of hydrogen-bond donors (Lipinski definition) is 1. The van der Waals surface area contributed by atoms with Crippen LogP contribution in [0, 0.1) is 0 Å². The zero-order valence-corrected chi connectivity index (χ0v) is 7.27. The van der Waals surface area contributed by atoms with Crippen LogP contribution in [0.2, 0.25) is 0 Å². The van der Waals surface area contributed by atoms with Gasteiger partial charge in [-0.3, -0.25) is 0 Å². The fraction of sp³-hybridized carbons (Fsp3) is 1.00. The van der Waals surface area contributed by atoms with Crippen molar-refractivity contribution in [2.75, 3.05) is 0 Å². The maximum absolute atomic E-state index is 8.06. The lowest BCUT2D eigenvalue weighted by atomic mass is 10.5. The SMILES string of the molecule is Br.Br.CC(C)O. The molecule has 1 N–H and O–H groups in total. The molecule has 0 bridgehead atoms. The molecule has 0 aromatic heterocycles. The highest BCUT2D eigenvalue weighted by Gasteiger charge is 1.69. The molecule has 0 aliphatic rings. The predicted molar refractivity (Wildman–Crippen MR) is 38.0 cm³/mol. The molecule has 0 aliphatic heterocycles. The van der Waals surface area contributed by atoms with Gasteiger partial charge in [0.25, 0.3) is 0 Å². The van der Waals surface area contributed by atoms with E-state index in [1.807, 2.05) is 0 Å². The summed E-state index contributed by atoms with van der Waals surface area (Å²) in [7, 11) is 0. The van der Waals surface area contributed by atoms with Gasteiger partial charge in [0.15, 0.2) is 0 Å². The molecule has 0 spiro atoms. The third kappa shape index (κ3) is 89.3. The lowest BCUT2D eigenvalue weighted by molar-refractivity contribution is 0.216. The van der Waals surface area contributed by atoms with Gasteiger partial charge in [-0.1, -0.05) is 0 Å². The second-order valence-corrected chi connectivity index (χ2v) is 1.09. The molecule has 0 radical (unpaired) electrons. The van der Waals surface area contributed by atoms with Crippen LogP contribution in [0.15, 0.2) is 0 Å². The van der Waals surface area contributed by atoms with Crippen molar-refractivity contribution in [2.24, 2.45) is 0 Å². The van der Waals surface area contributed by atoms with E-state index in [0.717, 1.165) is 0 Å². The molecule has 0 aromatic rings. The smallest absolute Gasteiger partial charge is 0.0483 e. The Hall–Kier alpha value is 0.920. The summed E-state index contributed by atoms with van der Waals surface area (Å²) >= 11 is 0. The summed E-state index contributed by atoms with van der Waals surface area (Å²) in [5, 5.41) is 8.06. The first-order chi connectivity index (χ1) is 1.73. The van der Waals surface area contributed by atoms with Gasteiger partial charge in [0.1, 0.15) is 0 Å². The minimum atomic E-state index is -0.167. The van der Waals surface area contributed by atoms with Crippen LogP contribution >= 0.6 is 34.0 Å². The van der Waals surface area contributed by atoms with E-state index in [9.17, 15) is 0 Å². The summed E-state index contributed by atoms with van der Waals surface area (Å²) in [6.07, 6.45) is -0.167. The van der Waals surface area contributed by atoms with Crippen molar-refractivity contribution in [3.63, 3.8) is 0 Å². The third-order valence-electron chi connectivity index (χ3n) is 0. The van der Waals surface area contributed by atoms with Gasteiger partial charge in [0, 0.05) is 6.10 Å². The van der Waals surface area contributed by atoms with Gasteiger partial charge in [-0.2, -0.15) is 0 Å². The standard InChI is InChI=1S/C3H8O.2BrH/c1-3(2)4;;/h3-4H,1-2H3;2*1H. The Morgan fingerprint density at radius 2 is 1.17 bits per heavy atom. The number of aliphatic hydroxyl groups excluding tert-OH is 1. The Kier molecular flexibility index (Phi) is 24.5. The molecule has 0 rings (SSSR count). The number of rotatable bonds is 0. The van der Waals surface area contributed by atoms with Crippen molar-refractivity contribution >= 4 is 34.0 Å². The molecule has 6 heavy (non-hydrogen) atoms. The third-order valence-corrected chi connectivity index (χ3v) is 0. The van der Waals surface area contributed by atoms with E-state index in [1.54, 1.807) is 13.8 Å². The van der Waals surface area contributed by atoms with Gasteiger partial charge in [-0.05, 0) is 13.8 Å². The molecule has 0 heterocycles. The van der Waals surface area contributed by atoms with Crippen LogP contribution in [0.3, 0.4) is 0 Å². The maximum atomic E-state index is 8.06. The van der Waals surface area contributed by atoms with E-state index in [0.29, 0.717) is 0 Å². The van der Waals surface area contributed by atoms with Gasteiger partial charge < -0.3 is 5.11 Å². The van der Waals surface area contributed by atoms with Gasteiger partial charge in [-0.15, -0.1) is 34.0 Å². The Bertz CT molecular complexity index is 13.5. The molecule has 0 aliphatic carbocycles. The molecule has 0 saturated carbocycles. The average Bonchev–Trinajstić information content (AvgIpc) is 0.811. The van der Waals surface area contributed by atoms with E-state index >= 15 is 0 Å². The van der Waals surface area contributed by atoms with Crippen molar-refractivity contribution in [2.45, 2.75) is 20.0 Å². The van der Waals surface area contributed by atoms with Crippen LogP contribution in [0.4, 0.5) is 0 Å². The Morgan fingerprint density at radius 3 is 1.17 bits per heavy atom. The van der Waals surface area contributed by atoms with Gasteiger partial charge in [0.05, 0.1) is 0 Å². The van der Waals surface area contributed by atoms with Crippen molar-refractivity contribution < 1.29 is 5.11 Å². The summed E-state index contributed by atoms with van der Waals surface area (Å²) in [5.41, 5.74) is 0. The topological polar surface area (TPSA) is 20.2 Å². The highest BCUT2D eigenvalue weighted by atomic mass is 79.9. The van der Waals surface area contributed by atoms with Crippen LogP contribution in [-0.4, -0.2) is 11.2 Å². The van der Waals surface area contributed by atoms with Crippen molar-refractivity contribution in [1.29, 1.82) is 0 Å². The van der Waals surface area contributed by atoms with Gasteiger partial charge in [0.2, 0.25) is 0 Å². The minimum Gasteiger partial charge on any atom is -0.394 e. The quantitative estimate of drug-likeness (QED) is 0.658.